The predicted octanol–water partition coefficient (Wildman–Crippen LogP) is 4.85. The maximum atomic E-state index is 10.1. The van der Waals surface area contributed by atoms with Crippen LogP contribution in [0.5, 0.6) is 0 Å². The SMILES string of the molecule is CCCCCCCCCC(=O)O.C[C]([AlH2])(Cl)Cl.O=C(O)C(Cl)Cl.[Ni]. The zero-order chi connectivity index (χ0) is 18.9. The number of halogens is 4. The normalized spacial score (nSPS) is 9.79. The first-order valence-corrected chi connectivity index (χ1v) is 10.1. The van der Waals surface area contributed by atoms with Gasteiger partial charge < -0.3 is 10.2 Å². The van der Waals surface area contributed by atoms with Crippen molar-refractivity contribution in [1.82, 2.24) is 0 Å². The van der Waals surface area contributed by atoms with Gasteiger partial charge in [0.15, 0.2) is 0 Å². The van der Waals surface area contributed by atoms with Gasteiger partial charge in [-0.2, -0.15) is 0 Å². The standard InChI is InChI=1S/C10H20O2.C2H2Cl2O2.C2H3Cl2.Al.Ni.2H/c1-2-3-4-5-6-7-8-9-10(11)12;3-1(4)2(5)6;1-2(3)4;;;;/h2-9H2,1H3,(H,11,12);1H,(H,5,6);1H3;;;;. The maximum Gasteiger partial charge on any atom is 0.337 e. The number of carboxylic acid groups (broad SMARTS) is 2. The Morgan fingerprint density at radius 1 is 1.00 bits per heavy atom. The van der Waals surface area contributed by atoms with Crippen LogP contribution in [-0.2, 0) is 26.1 Å². The number of alkyl halides is 4. The average Bonchev–Trinajstić information content (AvgIpc) is 2.36. The van der Waals surface area contributed by atoms with Crippen molar-refractivity contribution in [3.8, 4) is 0 Å². The molecule has 0 aromatic rings. The summed E-state index contributed by atoms with van der Waals surface area (Å²) in [4.78, 5) is 18.3. The second kappa shape index (κ2) is 22.2. The first-order chi connectivity index (χ1) is 10.4. The van der Waals surface area contributed by atoms with E-state index in [9.17, 15) is 9.59 Å². The molecule has 0 rings (SSSR count). The fraction of sp³-hybridized carbons (Fsp3) is 0.857. The third kappa shape index (κ3) is 56.7. The zero-order valence-corrected chi connectivity index (χ0v) is 20.3. The maximum absolute atomic E-state index is 10.1. The molecule has 0 saturated heterocycles. The second-order valence-electron chi connectivity index (χ2n) is 5.23. The minimum Gasteiger partial charge on any atom is -0.481 e. The van der Waals surface area contributed by atoms with Crippen LogP contribution in [0, 0.1) is 0 Å². The Hall–Kier alpha value is 1.13. The summed E-state index contributed by atoms with van der Waals surface area (Å²) in [6, 6.07) is 0. The second-order valence-corrected chi connectivity index (χ2v) is 11.7. The van der Waals surface area contributed by atoms with E-state index in [0.717, 1.165) is 29.1 Å². The van der Waals surface area contributed by atoms with Crippen LogP contribution in [0.4, 0.5) is 0 Å². The van der Waals surface area contributed by atoms with Crippen molar-refractivity contribution in [2.45, 2.75) is 73.2 Å². The molecule has 0 aromatic carbocycles. The summed E-state index contributed by atoms with van der Waals surface area (Å²) in [6.07, 6.45) is 8.64. The van der Waals surface area contributed by atoms with E-state index in [1.165, 1.54) is 32.1 Å². The van der Waals surface area contributed by atoms with Gasteiger partial charge in [0.25, 0.3) is 16.3 Å². The number of unbranched alkanes of at least 4 members (excludes halogenated alkanes) is 6. The molecular formula is C14H27AlCl4NiO4. The van der Waals surface area contributed by atoms with E-state index in [1.807, 2.05) is 0 Å². The van der Waals surface area contributed by atoms with E-state index in [-0.39, 0.29) is 16.5 Å². The van der Waals surface area contributed by atoms with Gasteiger partial charge in [0, 0.05) is 22.9 Å². The Bertz CT molecular complexity index is 297. The number of hydrogen-bond donors (Lipinski definition) is 2. The Morgan fingerprint density at radius 2 is 1.29 bits per heavy atom. The molecule has 0 fully saturated rings. The Labute approximate surface area is 183 Å². The van der Waals surface area contributed by atoms with E-state index in [0.29, 0.717) is 6.42 Å². The van der Waals surface area contributed by atoms with Crippen LogP contribution in [-0.4, -0.2) is 46.5 Å². The van der Waals surface area contributed by atoms with Crippen LogP contribution in [0.1, 0.15) is 65.2 Å². The van der Waals surface area contributed by atoms with Crippen molar-refractivity contribution < 1.29 is 36.3 Å². The molecule has 0 amide bonds. The minimum absolute atomic E-state index is 0. The monoisotopic (exact) mass is 484 g/mol. The van der Waals surface area contributed by atoms with Crippen molar-refractivity contribution in [2.75, 3.05) is 0 Å². The van der Waals surface area contributed by atoms with Gasteiger partial charge in [-0.05, 0) is 13.3 Å². The van der Waals surface area contributed by atoms with Crippen LogP contribution >= 0.6 is 46.4 Å². The van der Waals surface area contributed by atoms with Gasteiger partial charge in [-0.3, -0.25) is 4.79 Å². The molecule has 0 aliphatic heterocycles. The summed E-state index contributed by atoms with van der Waals surface area (Å²) in [5, 5.41) is 16.1. The van der Waals surface area contributed by atoms with E-state index in [4.69, 9.17) is 56.6 Å². The predicted molar refractivity (Wildman–Crippen MR) is 102 cm³/mol. The van der Waals surface area contributed by atoms with Crippen molar-refractivity contribution in [2.24, 2.45) is 0 Å². The molecular weight excluding hydrogens is 460 g/mol. The van der Waals surface area contributed by atoms with Crippen LogP contribution < -0.4 is 0 Å². The van der Waals surface area contributed by atoms with E-state index in [1.54, 1.807) is 6.92 Å². The molecule has 0 aromatic heterocycles. The summed E-state index contributed by atoms with van der Waals surface area (Å²) < 4.78 is -0.417. The van der Waals surface area contributed by atoms with Gasteiger partial charge in [0.2, 0.25) is 4.84 Å². The molecule has 2 N–H and O–H groups in total. The minimum atomic E-state index is -1.29. The molecule has 0 radical (unpaired) electrons. The molecule has 0 heterocycles. The van der Waals surface area contributed by atoms with Crippen molar-refractivity contribution in [1.29, 1.82) is 0 Å². The third-order valence-corrected chi connectivity index (χ3v) is 2.55. The van der Waals surface area contributed by atoms with Gasteiger partial charge in [-0.15, -0.1) is 23.2 Å². The fourth-order valence-corrected chi connectivity index (χ4v) is 1.23. The summed E-state index contributed by atoms with van der Waals surface area (Å²) in [7, 11) is 0. The molecule has 148 valence electrons. The van der Waals surface area contributed by atoms with Crippen molar-refractivity contribution >= 4 is 74.6 Å². The number of carboxylic acids is 2. The summed E-state index contributed by atoms with van der Waals surface area (Å²) in [5.74, 6) is -1.87. The van der Waals surface area contributed by atoms with Gasteiger partial charge in [-0.1, -0.05) is 68.7 Å². The largest absolute Gasteiger partial charge is 0.481 e. The molecule has 0 saturated carbocycles. The quantitative estimate of drug-likeness (QED) is 0.277. The summed E-state index contributed by atoms with van der Waals surface area (Å²) in [6.45, 7) is 3.98. The topological polar surface area (TPSA) is 74.6 Å². The molecule has 0 spiro atoms. The molecule has 24 heavy (non-hydrogen) atoms. The Kier molecular flexibility index (Phi) is 30.3. The van der Waals surface area contributed by atoms with Crippen LogP contribution in [0.25, 0.3) is 0 Å². The van der Waals surface area contributed by atoms with Crippen LogP contribution in [0.2, 0.25) is 0 Å². The fourth-order valence-electron chi connectivity index (χ4n) is 1.23. The van der Waals surface area contributed by atoms with Crippen molar-refractivity contribution in [3.63, 3.8) is 0 Å². The molecule has 4 nitrogen and oxygen atoms in total. The Morgan fingerprint density at radius 3 is 1.54 bits per heavy atom. The molecule has 10 heteroatoms. The smallest absolute Gasteiger partial charge is 0.337 e. The van der Waals surface area contributed by atoms with E-state index >= 15 is 0 Å². The van der Waals surface area contributed by atoms with Crippen molar-refractivity contribution in [3.05, 3.63) is 0 Å². The zero-order valence-electron chi connectivity index (χ0n) is 14.3. The van der Waals surface area contributed by atoms with E-state index < -0.39 is 20.0 Å². The van der Waals surface area contributed by atoms with Crippen LogP contribution in [0.15, 0.2) is 0 Å². The van der Waals surface area contributed by atoms with Gasteiger partial charge >= 0.3 is 11.9 Å². The first kappa shape index (κ1) is 32.8. The summed E-state index contributed by atoms with van der Waals surface area (Å²) >= 11 is 21.1. The molecule has 0 atom stereocenters. The molecule has 0 aliphatic carbocycles. The number of hydrogen-bond acceptors (Lipinski definition) is 2. The van der Waals surface area contributed by atoms with Gasteiger partial charge in [0.05, 0.1) is 3.20 Å². The first-order valence-electron chi connectivity index (χ1n) is 7.52. The van der Waals surface area contributed by atoms with Gasteiger partial charge in [-0.25, -0.2) is 4.79 Å². The average molecular weight is 487 g/mol. The number of rotatable bonds is 9. The van der Waals surface area contributed by atoms with Gasteiger partial charge in [0.1, 0.15) is 0 Å². The van der Waals surface area contributed by atoms with Crippen LogP contribution in [0.3, 0.4) is 0 Å². The molecule has 0 aliphatic rings. The number of carbonyl (C=O) groups is 2. The Balaban J connectivity index is -0.000000140. The molecule has 0 unspecified atom stereocenters. The molecule has 0 bridgehead atoms. The van der Waals surface area contributed by atoms with E-state index in [2.05, 4.69) is 6.92 Å². The summed E-state index contributed by atoms with van der Waals surface area (Å²) in [5.41, 5.74) is 0. The third-order valence-electron chi connectivity index (χ3n) is 2.18. The number of aliphatic carboxylic acids is 2.